The van der Waals surface area contributed by atoms with Crippen LogP contribution in [-0.4, -0.2) is 34.8 Å². The fourth-order valence-electron chi connectivity index (χ4n) is 3.48. The first-order chi connectivity index (χ1) is 13.3. The highest BCUT2D eigenvalue weighted by molar-refractivity contribution is 5.99. The minimum absolute atomic E-state index is 0.0192. The van der Waals surface area contributed by atoms with Gasteiger partial charge in [0.1, 0.15) is 11.3 Å². The summed E-state index contributed by atoms with van der Waals surface area (Å²) in [7, 11) is 0. The molecule has 0 aliphatic carbocycles. The van der Waals surface area contributed by atoms with Crippen LogP contribution in [0.1, 0.15) is 58.2 Å². The lowest BCUT2D eigenvalue weighted by Gasteiger charge is -2.32. The number of aryl methyl sites for hydroxylation is 1. The van der Waals surface area contributed by atoms with Gasteiger partial charge in [0, 0.05) is 31.0 Å². The summed E-state index contributed by atoms with van der Waals surface area (Å²) in [5.41, 5.74) is -0.449. The Labute approximate surface area is 160 Å². The molecule has 3 rings (SSSR count). The van der Waals surface area contributed by atoms with Crippen molar-refractivity contribution in [1.82, 2.24) is 10.1 Å². The van der Waals surface area contributed by atoms with Crippen LogP contribution >= 0.6 is 0 Å². The first kappa shape index (κ1) is 20.1. The van der Waals surface area contributed by atoms with E-state index in [1.807, 2.05) is 6.92 Å². The number of ketones is 1. The summed E-state index contributed by atoms with van der Waals surface area (Å²) in [5, 5.41) is 3.70. The maximum atomic E-state index is 12.9. The topological polar surface area (TPSA) is 63.4 Å². The summed E-state index contributed by atoms with van der Waals surface area (Å²) in [4.78, 5) is 27.1. The van der Waals surface area contributed by atoms with Gasteiger partial charge in [-0.05, 0) is 31.4 Å². The molecular weight excluding hydrogens is 373 g/mol. The van der Waals surface area contributed by atoms with Gasteiger partial charge in [-0.25, -0.2) is 0 Å². The average Bonchev–Trinajstić information content (AvgIpc) is 3.15. The van der Waals surface area contributed by atoms with Crippen LogP contribution in [0.5, 0.6) is 0 Å². The minimum atomic E-state index is -4.51. The molecule has 1 aromatic carbocycles. The van der Waals surface area contributed by atoms with Crippen LogP contribution in [-0.2, 0) is 12.6 Å². The van der Waals surface area contributed by atoms with E-state index in [1.165, 1.54) is 18.3 Å². The van der Waals surface area contributed by atoms with E-state index in [4.69, 9.17) is 4.52 Å². The predicted octanol–water partition coefficient (Wildman–Crippen LogP) is 4.38. The summed E-state index contributed by atoms with van der Waals surface area (Å²) >= 11 is 0. The largest absolute Gasteiger partial charge is 0.416 e. The molecule has 0 saturated carbocycles. The minimum Gasteiger partial charge on any atom is -0.361 e. The number of amides is 1. The van der Waals surface area contributed by atoms with Gasteiger partial charge in [-0.2, -0.15) is 13.2 Å². The van der Waals surface area contributed by atoms with Gasteiger partial charge in [-0.1, -0.05) is 24.2 Å². The summed E-state index contributed by atoms with van der Waals surface area (Å²) in [6.07, 6.45) is -0.603. The number of halogens is 3. The fourth-order valence-corrected chi connectivity index (χ4v) is 3.48. The third-order valence-corrected chi connectivity index (χ3v) is 4.91. The molecule has 1 fully saturated rings. The van der Waals surface area contributed by atoms with Gasteiger partial charge in [0.25, 0.3) is 5.91 Å². The number of aromatic nitrogens is 1. The highest BCUT2D eigenvalue weighted by Gasteiger charge is 2.34. The summed E-state index contributed by atoms with van der Waals surface area (Å²) in [6.45, 7) is 2.62. The van der Waals surface area contributed by atoms with Crippen LogP contribution in [0, 0.1) is 5.92 Å². The van der Waals surface area contributed by atoms with Crippen molar-refractivity contribution < 1.29 is 27.3 Å². The molecule has 0 bridgehead atoms. The SMILES string of the molecule is CCCc1oncc1C(=O)N1CCC[C@@H](C(=O)c2cccc(C(F)(F)F)c2)C1. The summed E-state index contributed by atoms with van der Waals surface area (Å²) < 4.78 is 43.9. The number of piperidine rings is 1. The summed E-state index contributed by atoms with van der Waals surface area (Å²) in [5.74, 6) is -0.650. The molecule has 1 aromatic heterocycles. The van der Waals surface area contributed by atoms with Crippen LogP contribution < -0.4 is 0 Å². The molecule has 2 aromatic rings. The second-order valence-corrected chi connectivity index (χ2v) is 6.95. The number of Topliss-reactive ketones (excluding diaryl/α,β-unsaturated/α-hetero) is 1. The van der Waals surface area contributed by atoms with Gasteiger partial charge in [0.15, 0.2) is 5.78 Å². The molecule has 1 aliphatic heterocycles. The molecule has 150 valence electrons. The normalized spacial score (nSPS) is 17.6. The van der Waals surface area contributed by atoms with E-state index in [0.717, 1.165) is 18.6 Å². The quantitative estimate of drug-likeness (QED) is 0.706. The number of carbonyl (C=O) groups excluding carboxylic acids is 2. The molecule has 0 spiro atoms. The van der Waals surface area contributed by atoms with Crippen LogP contribution in [0.15, 0.2) is 35.0 Å². The maximum Gasteiger partial charge on any atom is 0.416 e. The Morgan fingerprint density at radius 3 is 2.82 bits per heavy atom. The number of likely N-dealkylation sites (tertiary alicyclic amines) is 1. The molecule has 1 saturated heterocycles. The van der Waals surface area contributed by atoms with Gasteiger partial charge in [-0.15, -0.1) is 0 Å². The second-order valence-electron chi connectivity index (χ2n) is 6.95. The van der Waals surface area contributed by atoms with Crippen LogP contribution in [0.3, 0.4) is 0 Å². The van der Waals surface area contributed by atoms with E-state index in [9.17, 15) is 22.8 Å². The van der Waals surface area contributed by atoms with Crippen LogP contribution in [0.4, 0.5) is 13.2 Å². The molecule has 0 radical (unpaired) electrons. The Kier molecular flexibility index (Phi) is 5.86. The van der Waals surface area contributed by atoms with E-state index < -0.39 is 17.7 Å². The molecular formula is C20H21F3N2O3. The molecule has 1 aliphatic rings. The van der Waals surface area contributed by atoms with E-state index in [0.29, 0.717) is 37.1 Å². The number of rotatable bonds is 5. The van der Waals surface area contributed by atoms with E-state index in [-0.39, 0.29) is 23.8 Å². The molecule has 2 heterocycles. The third kappa shape index (κ3) is 4.26. The first-order valence-electron chi connectivity index (χ1n) is 9.25. The highest BCUT2D eigenvalue weighted by Crippen LogP contribution is 2.31. The van der Waals surface area contributed by atoms with Gasteiger partial charge >= 0.3 is 6.18 Å². The number of hydrogen-bond donors (Lipinski definition) is 0. The number of alkyl halides is 3. The van der Waals surface area contributed by atoms with Crippen molar-refractivity contribution in [2.45, 2.75) is 38.8 Å². The first-order valence-corrected chi connectivity index (χ1v) is 9.25. The molecule has 0 N–H and O–H groups in total. The number of benzene rings is 1. The van der Waals surface area contributed by atoms with Crippen LogP contribution in [0.25, 0.3) is 0 Å². The zero-order valence-electron chi connectivity index (χ0n) is 15.5. The second kappa shape index (κ2) is 8.16. The Bertz CT molecular complexity index is 860. The predicted molar refractivity (Wildman–Crippen MR) is 94.9 cm³/mol. The summed E-state index contributed by atoms with van der Waals surface area (Å²) in [6, 6.07) is 4.44. The van der Waals surface area contributed by atoms with Crippen molar-refractivity contribution in [3.63, 3.8) is 0 Å². The molecule has 1 amide bonds. The van der Waals surface area contributed by atoms with E-state index in [1.54, 1.807) is 4.90 Å². The lowest BCUT2D eigenvalue weighted by molar-refractivity contribution is -0.137. The Balaban J connectivity index is 1.75. The molecule has 0 unspecified atom stereocenters. The van der Waals surface area contributed by atoms with Crippen molar-refractivity contribution in [3.05, 3.63) is 52.9 Å². The lowest BCUT2D eigenvalue weighted by Crippen LogP contribution is -2.42. The Morgan fingerprint density at radius 1 is 1.32 bits per heavy atom. The fraction of sp³-hybridized carbons (Fsp3) is 0.450. The standard InChI is InChI=1S/C20H21F3N2O3/c1-2-5-17-16(11-24-28-17)19(27)25-9-4-7-14(12-25)18(26)13-6-3-8-15(10-13)20(21,22)23/h3,6,8,10-11,14H,2,4-5,7,9,12H2,1H3/t14-/m1/s1. The zero-order chi connectivity index (χ0) is 20.3. The zero-order valence-corrected chi connectivity index (χ0v) is 15.5. The number of nitrogens with zero attached hydrogens (tertiary/aromatic N) is 2. The number of hydrogen-bond acceptors (Lipinski definition) is 4. The average molecular weight is 394 g/mol. The monoisotopic (exact) mass is 394 g/mol. The van der Waals surface area contributed by atoms with Gasteiger partial charge in [-0.3, -0.25) is 9.59 Å². The van der Waals surface area contributed by atoms with Crippen molar-refractivity contribution in [3.8, 4) is 0 Å². The molecule has 8 heteroatoms. The van der Waals surface area contributed by atoms with Crippen molar-refractivity contribution in [1.29, 1.82) is 0 Å². The van der Waals surface area contributed by atoms with E-state index >= 15 is 0 Å². The van der Waals surface area contributed by atoms with Crippen LogP contribution in [0.2, 0.25) is 0 Å². The smallest absolute Gasteiger partial charge is 0.361 e. The van der Waals surface area contributed by atoms with Crippen molar-refractivity contribution in [2.75, 3.05) is 13.1 Å². The van der Waals surface area contributed by atoms with Crippen molar-refractivity contribution >= 4 is 11.7 Å². The van der Waals surface area contributed by atoms with Gasteiger partial charge in [0.05, 0.1) is 11.8 Å². The number of carbonyl (C=O) groups is 2. The van der Waals surface area contributed by atoms with Gasteiger partial charge < -0.3 is 9.42 Å². The Morgan fingerprint density at radius 2 is 2.11 bits per heavy atom. The lowest BCUT2D eigenvalue weighted by atomic mass is 9.89. The molecule has 5 nitrogen and oxygen atoms in total. The van der Waals surface area contributed by atoms with E-state index in [2.05, 4.69) is 5.16 Å². The molecule has 28 heavy (non-hydrogen) atoms. The third-order valence-electron chi connectivity index (χ3n) is 4.91. The Hall–Kier alpha value is -2.64. The molecule has 1 atom stereocenters. The maximum absolute atomic E-state index is 12.9. The highest BCUT2D eigenvalue weighted by atomic mass is 19.4. The van der Waals surface area contributed by atoms with Crippen molar-refractivity contribution in [2.24, 2.45) is 5.92 Å². The van der Waals surface area contributed by atoms with Gasteiger partial charge in [0.2, 0.25) is 0 Å².